The maximum absolute atomic E-state index is 12.5. The fourth-order valence-electron chi connectivity index (χ4n) is 4.94. The maximum Gasteiger partial charge on any atom is 0.305 e. The normalized spacial score (nSPS) is 20.3. The lowest BCUT2D eigenvalue weighted by molar-refractivity contribution is -0.143. The molecule has 0 unspecified atom stereocenters. The number of ketones is 1. The molecular formula is C31H48O6S. The highest BCUT2D eigenvalue weighted by Gasteiger charge is 2.39. The Kier molecular flexibility index (Phi) is 16.6. The first kappa shape index (κ1) is 32.5. The van der Waals surface area contributed by atoms with Crippen LogP contribution < -0.4 is 0 Å². The summed E-state index contributed by atoms with van der Waals surface area (Å²) < 4.78 is 10.5. The average molecular weight is 549 g/mol. The first-order valence-electron chi connectivity index (χ1n) is 14.3. The summed E-state index contributed by atoms with van der Waals surface area (Å²) in [4.78, 5) is 24.4. The smallest absolute Gasteiger partial charge is 0.305 e. The van der Waals surface area contributed by atoms with E-state index in [0.717, 1.165) is 41.9 Å². The third-order valence-electron chi connectivity index (χ3n) is 7.04. The highest BCUT2D eigenvalue weighted by Crippen LogP contribution is 2.34. The van der Waals surface area contributed by atoms with Crippen molar-refractivity contribution in [1.82, 2.24) is 0 Å². The van der Waals surface area contributed by atoms with Gasteiger partial charge in [-0.1, -0.05) is 75.4 Å². The van der Waals surface area contributed by atoms with E-state index in [1.807, 2.05) is 30.3 Å². The van der Waals surface area contributed by atoms with Gasteiger partial charge in [-0.05, 0) is 41.9 Å². The SMILES string of the molecule is CCCCCCCCOC(=O)CCCSCC[C@H]1C(=O)C[C@@H](O)[C@@H]1/C=C/[C@@H](O)Cc1cccc(COC)c1. The minimum absolute atomic E-state index is 0.0905. The summed E-state index contributed by atoms with van der Waals surface area (Å²) in [5.41, 5.74) is 2.07. The van der Waals surface area contributed by atoms with E-state index < -0.39 is 12.2 Å². The fraction of sp³-hybridized carbons (Fsp3) is 0.677. The Labute approximate surface area is 233 Å². The summed E-state index contributed by atoms with van der Waals surface area (Å²) in [5.74, 6) is 1.12. The zero-order chi connectivity index (χ0) is 27.6. The largest absolute Gasteiger partial charge is 0.466 e. The summed E-state index contributed by atoms with van der Waals surface area (Å²) in [6.07, 6.45) is 11.7. The molecule has 0 amide bonds. The lowest BCUT2D eigenvalue weighted by Gasteiger charge is -2.18. The number of carbonyl (C=O) groups excluding carboxylic acids is 2. The van der Waals surface area contributed by atoms with Crippen LogP contribution in [0.2, 0.25) is 0 Å². The zero-order valence-electron chi connectivity index (χ0n) is 23.3. The van der Waals surface area contributed by atoms with Crippen molar-refractivity contribution in [2.45, 2.75) is 96.4 Å². The van der Waals surface area contributed by atoms with Gasteiger partial charge in [0.25, 0.3) is 0 Å². The van der Waals surface area contributed by atoms with Crippen molar-refractivity contribution in [3.63, 3.8) is 0 Å². The molecule has 0 aliphatic heterocycles. The van der Waals surface area contributed by atoms with Crippen LogP contribution in [0.1, 0.15) is 82.3 Å². The predicted octanol–water partition coefficient (Wildman–Crippen LogP) is 5.67. The van der Waals surface area contributed by atoms with Crippen molar-refractivity contribution in [3.05, 3.63) is 47.5 Å². The topological polar surface area (TPSA) is 93.1 Å². The summed E-state index contributed by atoms with van der Waals surface area (Å²) in [7, 11) is 1.65. The molecule has 0 saturated heterocycles. The number of hydrogen-bond donors (Lipinski definition) is 2. The number of hydrogen-bond acceptors (Lipinski definition) is 7. The monoisotopic (exact) mass is 548 g/mol. The Morgan fingerprint density at radius 3 is 2.68 bits per heavy atom. The summed E-state index contributed by atoms with van der Waals surface area (Å²) in [6.45, 7) is 3.25. The van der Waals surface area contributed by atoms with Gasteiger partial charge < -0.3 is 19.7 Å². The number of aliphatic hydroxyl groups is 2. The predicted molar refractivity (Wildman–Crippen MR) is 154 cm³/mol. The number of esters is 1. The molecule has 214 valence electrons. The van der Waals surface area contributed by atoms with Crippen LogP contribution in [0.25, 0.3) is 0 Å². The van der Waals surface area contributed by atoms with E-state index in [0.29, 0.717) is 32.5 Å². The van der Waals surface area contributed by atoms with Gasteiger partial charge in [-0.3, -0.25) is 9.59 Å². The van der Waals surface area contributed by atoms with Crippen molar-refractivity contribution in [3.8, 4) is 0 Å². The standard InChI is InChI=1S/C31H48O6S/c1-3-4-5-6-7-8-17-37-31(35)13-10-18-38-19-16-28-27(29(33)22-30(28)34)15-14-26(32)21-24-11-9-12-25(20-24)23-36-2/h9,11-12,14-15,20,26-29,32-33H,3-8,10,13,16-19,21-23H2,1-2H3/b15-14+/t26-,27-,28-,29-/m1/s1. The first-order chi connectivity index (χ1) is 18.4. The number of carbonyl (C=O) groups is 2. The molecule has 2 N–H and O–H groups in total. The third-order valence-corrected chi connectivity index (χ3v) is 8.14. The Morgan fingerprint density at radius 1 is 1.13 bits per heavy atom. The van der Waals surface area contributed by atoms with E-state index in [1.165, 1.54) is 25.7 Å². The molecule has 1 aliphatic carbocycles. The van der Waals surface area contributed by atoms with Gasteiger partial charge in [0.2, 0.25) is 0 Å². The second-order valence-electron chi connectivity index (χ2n) is 10.3. The van der Waals surface area contributed by atoms with Gasteiger partial charge in [-0.25, -0.2) is 0 Å². The Morgan fingerprint density at radius 2 is 1.89 bits per heavy atom. The number of unbranched alkanes of at least 4 members (excludes halogenated alkanes) is 5. The minimum atomic E-state index is -0.701. The van der Waals surface area contributed by atoms with Crippen LogP contribution in [0.4, 0.5) is 0 Å². The first-order valence-corrected chi connectivity index (χ1v) is 15.5. The molecule has 0 heterocycles. The molecule has 38 heavy (non-hydrogen) atoms. The molecule has 0 spiro atoms. The lowest BCUT2D eigenvalue weighted by atomic mass is 9.91. The average Bonchev–Trinajstić information content (AvgIpc) is 3.16. The van der Waals surface area contributed by atoms with Gasteiger partial charge >= 0.3 is 5.97 Å². The van der Waals surface area contributed by atoms with Crippen LogP contribution in [0, 0.1) is 11.8 Å². The number of thioether (sulfide) groups is 1. The second kappa shape index (κ2) is 19.4. The number of ether oxygens (including phenoxy) is 2. The number of benzene rings is 1. The molecule has 0 bridgehead atoms. The van der Waals surface area contributed by atoms with Gasteiger partial charge in [-0.2, -0.15) is 11.8 Å². The summed E-state index contributed by atoms with van der Waals surface area (Å²) in [5, 5.41) is 21.0. The molecule has 1 saturated carbocycles. The molecule has 1 aliphatic rings. The van der Waals surface area contributed by atoms with Crippen molar-refractivity contribution in [2.75, 3.05) is 25.2 Å². The van der Waals surface area contributed by atoms with E-state index in [2.05, 4.69) is 6.92 Å². The number of aliphatic hydroxyl groups excluding tert-OH is 2. The van der Waals surface area contributed by atoms with E-state index in [-0.39, 0.29) is 30.0 Å². The van der Waals surface area contributed by atoms with Crippen LogP contribution in [0.15, 0.2) is 36.4 Å². The highest BCUT2D eigenvalue weighted by molar-refractivity contribution is 7.99. The summed E-state index contributed by atoms with van der Waals surface area (Å²) >= 11 is 1.73. The number of methoxy groups -OCH3 is 1. The van der Waals surface area contributed by atoms with Crippen LogP contribution in [0.5, 0.6) is 0 Å². The van der Waals surface area contributed by atoms with E-state index >= 15 is 0 Å². The van der Waals surface area contributed by atoms with Crippen molar-refractivity contribution in [1.29, 1.82) is 0 Å². The van der Waals surface area contributed by atoms with Gasteiger partial charge in [-0.15, -0.1) is 0 Å². The molecule has 1 aromatic rings. The maximum atomic E-state index is 12.5. The van der Waals surface area contributed by atoms with Gasteiger partial charge in [0.15, 0.2) is 0 Å². The van der Waals surface area contributed by atoms with E-state index in [4.69, 9.17) is 9.47 Å². The zero-order valence-corrected chi connectivity index (χ0v) is 24.1. The Balaban J connectivity index is 1.64. The molecule has 0 radical (unpaired) electrons. The number of rotatable bonds is 20. The van der Waals surface area contributed by atoms with Crippen molar-refractivity contribution < 1.29 is 29.3 Å². The van der Waals surface area contributed by atoms with E-state index in [1.54, 1.807) is 24.9 Å². The Hall–Kier alpha value is -1.67. The van der Waals surface area contributed by atoms with Gasteiger partial charge in [0.1, 0.15) is 5.78 Å². The molecule has 0 aromatic heterocycles. The third kappa shape index (κ3) is 12.9. The fourth-order valence-corrected chi connectivity index (χ4v) is 5.92. The molecule has 4 atom stereocenters. The van der Waals surface area contributed by atoms with Crippen molar-refractivity contribution in [2.24, 2.45) is 11.8 Å². The quantitative estimate of drug-likeness (QED) is 0.123. The van der Waals surface area contributed by atoms with Gasteiger partial charge in [0, 0.05) is 38.2 Å². The molecule has 1 aromatic carbocycles. The van der Waals surface area contributed by atoms with Gasteiger partial charge in [0.05, 0.1) is 25.4 Å². The second-order valence-corrected chi connectivity index (χ2v) is 11.5. The molecular weight excluding hydrogens is 500 g/mol. The lowest BCUT2D eigenvalue weighted by Crippen LogP contribution is -2.20. The molecule has 7 heteroatoms. The molecule has 6 nitrogen and oxygen atoms in total. The van der Waals surface area contributed by atoms with Crippen LogP contribution >= 0.6 is 11.8 Å². The highest BCUT2D eigenvalue weighted by atomic mass is 32.2. The molecule has 1 fully saturated rings. The minimum Gasteiger partial charge on any atom is -0.466 e. The van der Waals surface area contributed by atoms with Crippen LogP contribution in [-0.2, 0) is 32.1 Å². The summed E-state index contributed by atoms with van der Waals surface area (Å²) in [6, 6.07) is 7.93. The van der Waals surface area contributed by atoms with Crippen LogP contribution in [-0.4, -0.2) is 59.4 Å². The molecule has 2 rings (SSSR count). The number of Topliss-reactive ketones (excluding diaryl/α,β-unsaturated/α-hetero) is 1. The van der Waals surface area contributed by atoms with E-state index in [9.17, 15) is 19.8 Å². The Bertz CT molecular complexity index is 841. The van der Waals surface area contributed by atoms with Crippen molar-refractivity contribution >= 4 is 23.5 Å². The van der Waals surface area contributed by atoms with Crippen LogP contribution in [0.3, 0.4) is 0 Å².